The molecule has 24 heavy (non-hydrogen) atoms. The molecule has 2 rings (SSSR count). The maximum Gasteiger partial charge on any atom is 0.307 e. The fourth-order valence-electron chi connectivity index (χ4n) is 3.29. The Kier molecular flexibility index (Phi) is 7.09. The Bertz CT molecular complexity index is 531. The van der Waals surface area contributed by atoms with Gasteiger partial charge in [0.05, 0.1) is 13.5 Å². The number of ether oxygens (including phenoxy) is 2. The van der Waals surface area contributed by atoms with E-state index < -0.39 is 0 Å². The van der Waals surface area contributed by atoms with E-state index in [-0.39, 0.29) is 30.9 Å². The number of hydrogen-bond acceptors (Lipinski definition) is 4. The van der Waals surface area contributed by atoms with E-state index in [2.05, 4.69) is 6.92 Å². The van der Waals surface area contributed by atoms with Gasteiger partial charge < -0.3 is 14.4 Å². The topological polar surface area (TPSA) is 55.8 Å². The highest BCUT2D eigenvalue weighted by Gasteiger charge is 2.30. The predicted molar refractivity (Wildman–Crippen MR) is 91.7 cm³/mol. The minimum atomic E-state index is -0.291. The molecule has 1 aromatic carbocycles. The van der Waals surface area contributed by atoms with Gasteiger partial charge in [-0.15, -0.1) is 0 Å². The van der Waals surface area contributed by atoms with Crippen molar-refractivity contribution in [1.82, 2.24) is 4.90 Å². The molecule has 1 amide bonds. The van der Waals surface area contributed by atoms with Crippen LogP contribution in [0.15, 0.2) is 30.3 Å². The summed E-state index contributed by atoms with van der Waals surface area (Å²) >= 11 is 0. The molecule has 132 valence electrons. The number of carbonyl (C=O) groups excluding carboxylic acids is 2. The van der Waals surface area contributed by atoms with Crippen LogP contribution >= 0.6 is 0 Å². The van der Waals surface area contributed by atoms with Crippen LogP contribution in [0.4, 0.5) is 0 Å². The van der Waals surface area contributed by atoms with Gasteiger partial charge in [-0.25, -0.2) is 0 Å². The predicted octanol–water partition coefficient (Wildman–Crippen LogP) is 3.04. The van der Waals surface area contributed by atoms with Gasteiger partial charge in [0.15, 0.2) is 6.61 Å². The standard InChI is InChI=1S/C19H27NO4/c1-15-8-6-7-11-17(15)20(13-12-19(22)23-2)18(21)14-24-16-9-4-3-5-10-16/h3-5,9-10,15,17H,6-8,11-14H2,1-2H3. The molecule has 1 fully saturated rings. The van der Waals surface area contributed by atoms with Crippen LogP contribution in [0.5, 0.6) is 5.75 Å². The second kappa shape index (κ2) is 9.30. The van der Waals surface area contributed by atoms with Gasteiger partial charge in [-0.2, -0.15) is 0 Å². The first kappa shape index (κ1) is 18.3. The minimum absolute atomic E-state index is 0.00555. The molecular formula is C19H27NO4. The van der Waals surface area contributed by atoms with Crippen LogP contribution in [0.3, 0.4) is 0 Å². The summed E-state index contributed by atoms with van der Waals surface area (Å²) in [6, 6.07) is 9.48. The summed E-state index contributed by atoms with van der Waals surface area (Å²) in [5, 5.41) is 0. The number of amides is 1. The van der Waals surface area contributed by atoms with E-state index in [1.165, 1.54) is 13.5 Å². The van der Waals surface area contributed by atoms with Gasteiger partial charge in [0.2, 0.25) is 0 Å². The number of nitrogens with zero attached hydrogens (tertiary/aromatic N) is 1. The molecule has 0 aromatic heterocycles. The number of benzene rings is 1. The van der Waals surface area contributed by atoms with Gasteiger partial charge in [-0.05, 0) is 30.9 Å². The zero-order valence-corrected chi connectivity index (χ0v) is 14.6. The number of rotatable bonds is 7. The van der Waals surface area contributed by atoms with Crippen LogP contribution in [-0.2, 0) is 14.3 Å². The molecule has 2 unspecified atom stereocenters. The van der Waals surface area contributed by atoms with E-state index in [1.807, 2.05) is 35.2 Å². The first-order valence-electron chi connectivity index (χ1n) is 8.66. The van der Waals surface area contributed by atoms with E-state index in [4.69, 9.17) is 9.47 Å². The smallest absolute Gasteiger partial charge is 0.307 e. The molecule has 5 nitrogen and oxygen atoms in total. The highest BCUT2D eigenvalue weighted by atomic mass is 16.5. The first-order valence-corrected chi connectivity index (χ1v) is 8.66. The lowest BCUT2D eigenvalue weighted by Crippen LogP contribution is -2.48. The molecule has 5 heteroatoms. The van der Waals surface area contributed by atoms with Crippen LogP contribution in [0.1, 0.15) is 39.0 Å². The zero-order chi connectivity index (χ0) is 17.4. The summed E-state index contributed by atoms with van der Waals surface area (Å²) in [6.45, 7) is 2.56. The van der Waals surface area contributed by atoms with Crippen molar-refractivity contribution in [2.75, 3.05) is 20.3 Å². The van der Waals surface area contributed by atoms with Crippen LogP contribution in [0.2, 0.25) is 0 Å². The quantitative estimate of drug-likeness (QED) is 0.720. The van der Waals surface area contributed by atoms with E-state index >= 15 is 0 Å². The van der Waals surface area contributed by atoms with Crippen molar-refractivity contribution in [1.29, 1.82) is 0 Å². The lowest BCUT2D eigenvalue weighted by molar-refractivity contribution is -0.143. The normalized spacial score (nSPS) is 20.2. The van der Waals surface area contributed by atoms with Gasteiger partial charge in [0.1, 0.15) is 5.75 Å². The van der Waals surface area contributed by atoms with Crippen LogP contribution in [0, 0.1) is 5.92 Å². The Morgan fingerprint density at radius 2 is 1.88 bits per heavy atom. The Morgan fingerprint density at radius 3 is 2.54 bits per heavy atom. The Hall–Kier alpha value is -2.04. The third kappa shape index (κ3) is 5.25. The molecule has 0 N–H and O–H groups in total. The van der Waals surface area contributed by atoms with E-state index in [0.717, 1.165) is 19.3 Å². The van der Waals surface area contributed by atoms with Crippen molar-refractivity contribution in [3.63, 3.8) is 0 Å². The molecule has 1 aliphatic carbocycles. The van der Waals surface area contributed by atoms with Crippen LogP contribution < -0.4 is 4.74 Å². The lowest BCUT2D eigenvalue weighted by atomic mass is 9.84. The van der Waals surface area contributed by atoms with E-state index in [9.17, 15) is 9.59 Å². The third-order valence-corrected chi connectivity index (χ3v) is 4.68. The van der Waals surface area contributed by atoms with Crippen molar-refractivity contribution >= 4 is 11.9 Å². The fourth-order valence-corrected chi connectivity index (χ4v) is 3.29. The SMILES string of the molecule is COC(=O)CCN(C(=O)COc1ccccc1)C1CCCCC1C. The summed E-state index contributed by atoms with van der Waals surface area (Å²) in [7, 11) is 1.37. The molecule has 0 bridgehead atoms. The van der Waals surface area contributed by atoms with Crippen molar-refractivity contribution in [3.05, 3.63) is 30.3 Å². The highest BCUT2D eigenvalue weighted by Crippen LogP contribution is 2.28. The summed E-state index contributed by atoms with van der Waals surface area (Å²) in [5.74, 6) is 0.759. The van der Waals surface area contributed by atoms with Gasteiger partial charge in [-0.3, -0.25) is 9.59 Å². The third-order valence-electron chi connectivity index (χ3n) is 4.68. The number of esters is 1. The Balaban J connectivity index is 1.99. The van der Waals surface area contributed by atoms with Gasteiger partial charge in [0, 0.05) is 12.6 Å². The molecule has 1 aromatic rings. The largest absolute Gasteiger partial charge is 0.484 e. The molecule has 2 atom stereocenters. The van der Waals surface area contributed by atoms with Gasteiger partial charge >= 0.3 is 5.97 Å². The monoisotopic (exact) mass is 333 g/mol. The number of para-hydroxylation sites is 1. The molecule has 0 heterocycles. The Morgan fingerprint density at radius 1 is 1.17 bits per heavy atom. The molecule has 0 radical (unpaired) electrons. The first-order chi connectivity index (χ1) is 11.6. The lowest BCUT2D eigenvalue weighted by Gasteiger charge is -2.38. The highest BCUT2D eigenvalue weighted by molar-refractivity contribution is 5.79. The van der Waals surface area contributed by atoms with Crippen LogP contribution in [-0.4, -0.2) is 43.1 Å². The molecule has 1 saturated carbocycles. The van der Waals surface area contributed by atoms with Crippen molar-refractivity contribution in [3.8, 4) is 5.75 Å². The summed E-state index contributed by atoms with van der Waals surface area (Å²) in [4.78, 5) is 26.0. The molecule has 0 spiro atoms. The van der Waals surface area contributed by atoms with Crippen LogP contribution in [0.25, 0.3) is 0 Å². The van der Waals surface area contributed by atoms with Crippen molar-refractivity contribution < 1.29 is 19.1 Å². The summed E-state index contributed by atoms with van der Waals surface area (Å²) < 4.78 is 10.3. The molecule has 0 aliphatic heterocycles. The van der Waals surface area contributed by atoms with Gasteiger partial charge in [-0.1, -0.05) is 38.0 Å². The molecule has 0 saturated heterocycles. The average molecular weight is 333 g/mol. The maximum atomic E-state index is 12.7. The molecule has 1 aliphatic rings. The Labute approximate surface area is 143 Å². The summed E-state index contributed by atoms with van der Waals surface area (Å²) in [5.41, 5.74) is 0. The number of methoxy groups -OCH3 is 1. The van der Waals surface area contributed by atoms with E-state index in [0.29, 0.717) is 18.2 Å². The van der Waals surface area contributed by atoms with Crippen molar-refractivity contribution in [2.24, 2.45) is 5.92 Å². The van der Waals surface area contributed by atoms with Gasteiger partial charge in [0.25, 0.3) is 5.91 Å². The molecular weight excluding hydrogens is 306 g/mol. The number of carbonyl (C=O) groups is 2. The van der Waals surface area contributed by atoms with E-state index in [1.54, 1.807) is 0 Å². The second-order valence-electron chi connectivity index (χ2n) is 6.34. The zero-order valence-electron chi connectivity index (χ0n) is 14.6. The summed E-state index contributed by atoms with van der Waals surface area (Å²) in [6.07, 6.45) is 4.65. The maximum absolute atomic E-state index is 12.7. The van der Waals surface area contributed by atoms with Crippen molar-refractivity contribution in [2.45, 2.75) is 45.1 Å². The average Bonchev–Trinajstić information content (AvgIpc) is 2.62. The fraction of sp³-hybridized carbons (Fsp3) is 0.579. The minimum Gasteiger partial charge on any atom is -0.484 e. The second-order valence-corrected chi connectivity index (χ2v) is 6.34. The number of hydrogen-bond donors (Lipinski definition) is 0.